The molecule has 2 N–H and O–H groups in total. The molecule has 1 atom stereocenters. The van der Waals surface area contributed by atoms with Crippen LogP contribution in [0.3, 0.4) is 0 Å². The van der Waals surface area contributed by atoms with Crippen molar-refractivity contribution in [2.75, 3.05) is 6.61 Å². The quantitative estimate of drug-likeness (QED) is 0.470. The van der Waals surface area contributed by atoms with Crippen molar-refractivity contribution in [3.05, 3.63) is 95.5 Å². The van der Waals surface area contributed by atoms with Gasteiger partial charge in [-0.15, -0.1) is 0 Å². The number of amides is 1. The third kappa shape index (κ3) is 3.92. The molecule has 0 spiro atoms. The fourth-order valence-corrected chi connectivity index (χ4v) is 3.92. The largest absolute Gasteiger partial charge is 0.491 e. The molecule has 32 heavy (non-hydrogen) atoms. The number of hydrogen-bond acceptors (Lipinski definition) is 5. The van der Waals surface area contributed by atoms with E-state index >= 15 is 0 Å². The lowest BCUT2D eigenvalue weighted by Gasteiger charge is -2.38. The minimum atomic E-state index is -0.793. The molecule has 1 amide bonds. The predicted molar refractivity (Wildman–Crippen MR) is 119 cm³/mol. The molecule has 0 aliphatic carbocycles. The third-order valence-corrected chi connectivity index (χ3v) is 5.43. The van der Waals surface area contributed by atoms with Gasteiger partial charge in [-0.25, -0.2) is 0 Å². The van der Waals surface area contributed by atoms with Gasteiger partial charge in [-0.1, -0.05) is 48.0 Å². The molecule has 162 valence electrons. The first-order valence-corrected chi connectivity index (χ1v) is 10.1. The Morgan fingerprint density at radius 3 is 2.62 bits per heavy atom. The Morgan fingerprint density at radius 2 is 1.88 bits per heavy atom. The lowest BCUT2D eigenvalue weighted by atomic mass is 9.81. The molecule has 0 saturated carbocycles. The molecule has 7 heteroatoms. The Hall–Kier alpha value is -4.13. The monoisotopic (exact) mass is 430 g/mol. The number of rotatable bonds is 3. The van der Waals surface area contributed by atoms with Gasteiger partial charge in [0.2, 0.25) is 0 Å². The van der Waals surface area contributed by atoms with E-state index in [0.29, 0.717) is 30.1 Å². The van der Waals surface area contributed by atoms with Gasteiger partial charge in [0.15, 0.2) is 5.76 Å². The van der Waals surface area contributed by atoms with Crippen LogP contribution in [0.1, 0.15) is 33.8 Å². The van der Waals surface area contributed by atoms with Crippen LogP contribution in [0.25, 0.3) is 11.0 Å². The van der Waals surface area contributed by atoms with E-state index in [1.807, 2.05) is 67.6 Å². The van der Waals surface area contributed by atoms with Crippen molar-refractivity contribution in [2.45, 2.75) is 18.9 Å². The standard InChI is InChI=1S/C24H20N2O3.CH2O2/c1-16-8-10-18(11-9-16)24(12-14-28-20-7-4-13-25-22(20)24)26-23(27)21-15-17-5-2-3-6-19(17)29-21;2-1-3/h2-11,13,15H,12,14H2,1H3,(H,26,27);1H,(H,2,3)/t24-;/m0./s1. The van der Waals surface area contributed by atoms with Gasteiger partial charge in [-0.05, 0) is 36.8 Å². The Morgan fingerprint density at radius 1 is 1.12 bits per heavy atom. The summed E-state index contributed by atoms with van der Waals surface area (Å²) in [7, 11) is 0. The number of carboxylic acid groups (broad SMARTS) is 1. The molecule has 5 rings (SSSR count). The highest BCUT2D eigenvalue weighted by Crippen LogP contribution is 2.40. The van der Waals surface area contributed by atoms with Crippen molar-refractivity contribution in [3.63, 3.8) is 0 Å². The van der Waals surface area contributed by atoms with Crippen molar-refractivity contribution >= 4 is 23.3 Å². The summed E-state index contributed by atoms with van der Waals surface area (Å²) in [6.45, 7) is 2.27. The molecule has 4 aromatic rings. The maximum absolute atomic E-state index is 13.3. The number of aromatic nitrogens is 1. The number of carbonyl (C=O) groups is 2. The number of benzene rings is 2. The highest BCUT2D eigenvalue weighted by Gasteiger charge is 2.42. The molecule has 0 bridgehead atoms. The van der Waals surface area contributed by atoms with Crippen LogP contribution in [-0.2, 0) is 10.3 Å². The van der Waals surface area contributed by atoms with Crippen molar-refractivity contribution in [1.82, 2.24) is 10.3 Å². The van der Waals surface area contributed by atoms with Crippen LogP contribution in [0.4, 0.5) is 0 Å². The van der Waals surface area contributed by atoms with Crippen LogP contribution in [0.2, 0.25) is 0 Å². The zero-order valence-electron chi connectivity index (χ0n) is 17.4. The zero-order chi connectivity index (χ0) is 22.6. The number of aryl methyl sites for hydroxylation is 1. The lowest BCUT2D eigenvalue weighted by molar-refractivity contribution is -0.122. The maximum atomic E-state index is 13.3. The van der Waals surface area contributed by atoms with E-state index < -0.39 is 5.54 Å². The summed E-state index contributed by atoms with van der Waals surface area (Å²) >= 11 is 0. The number of nitrogens with one attached hydrogen (secondary N) is 1. The fourth-order valence-electron chi connectivity index (χ4n) is 3.92. The molecule has 3 heterocycles. The molecule has 7 nitrogen and oxygen atoms in total. The topological polar surface area (TPSA) is 102 Å². The van der Waals surface area contributed by atoms with Gasteiger partial charge in [-0.2, -0.15) is 0 Å². The van der Waals surface area contributed by atoms with E-state index in [0.717, 1.165) is 16.5 Å². The molecule has 1 aliphatic heterocycles. The number of nitrogens with zero attached hydrogens (tertiary/aromatic N) is 1. The smallest absolute Gasteiger partial charge is 0.290 e. The van der Waals surface area contributed by atoms with E-state index in [-0.39, 0.29) is 18.1 Å². The number of ether oxygens (including phenoxy) is 1. The van der Waals surface area contributed by atoms with Gasteiger partial charge in [0, 0.05) is 18.0 Å². The van der Waals surface area contributed by atoms with Crippen molar-refractivity contribution in [2.24, 2.45) is 0 Å². The van der Waals surface area contributed by atoms with Gasteiger partial charge >= 0.3 is 0 Å². The Balaban J connectivity index is 0.000000775. The van der Waals surface area contributed by atoms with Crippen molar-refractivity contribution in [1.29, 1.82) is 0 Å². The molecule has 0 unspecified atom stereocenters. The average molecular weight is 430 g/mol. The Labute approximate surface area is 184 Å². The van der Waals surface area contributed by atoms with Gasteiger partial charge in [-0.3, -0.25) is 14.6 Å². The third-order valence-electron chi connectivity index (χ3n) is 5.43. The van der Waals surface area contributed by atoms with Crippen LogP contribution in [0, 0.1) is 6.92 Å². The maximum Gasteiger partial charge on any atom is 0.290 e. The number of hydrogen-bond donors (Lipinski definition) is 2. The lowest BCUT2D eigenvalue weighted by Crippen LogP contribution is -2.50. The molecule has 2 aromatic carbocycles. The first-order chi connectivity index (χ1) is 15.6. The number of para-hydroxylation sites is 1. The summed E-state index contributed by atoms with van der Waals surface area (Å²) in [4.78, 5) is 26.2. The highest BCUT2D eigenvalue weighted by molar-refractivity contribution is 5.96. The van der Waals surface area contributed by atoms with E-state index in [1.54, 1.807) is 12.3 Å². The molecule has 0 saturated heterocycles. The molecule has 1 aliphatic rings. The fraction of sp³-hybridized carbons (Fsp3) is 0.160. The van der Waals surface area contributed by atoms with Gasteiger partial charge in [0.1, 0.15) is 22.6 Å². The first kappa shape index (κ1) is 21.1. The van der Waals surface area contributed by atoms with Crippen LogP contribution in [0.5, 0.6) is 5.75 Å². The van der Waals surface area contributed by atoms with Crippen LogP contribution in [-0.4, -0.2) is 29.1 Å². The number of fused-ring (bicyclic) bond motifs is 2. The summed E-state index contributed by atoms with van der Waals surface area (Å²) in [6.07, 6.45) is 2.30. The second kappa shape index (κ2) is 8.93. The average Bonchev–Trinajstić information content (AvgIpc) is 3.25. The van der Waals surface area contributed by atoms with E-state index in [9.17, 15) is 4.79 Å². The van der Waals surface area contributed by atoms with Gasteiger partial charge < -0.3 is 19.6 Å². The number of pyridine rings is 1. The molecular weight excluding hydrogens is 408 g/mol. The molecule has 0 fully saturated rings. The summed E-state index contributed by atoms with van der Waals surface area (Å²) in [5, 5.41) is 11.0. The zero-order valence-corrected chi connectivity index (χ0v) is 17.4. The predicted octanol–water partition coefficient (Wildman–Crippen LogP) is 4.29. The van der Waals surface area contributed by atoms with E-state index in [1.165, 1.54) is 0 Å². The van der Waals surface area contributed by atoms with Gasteiger partial charge in [0.05, 0.1) is 6.61 Å². The van der Waals surface area contributed by atoms with Crippen molar-refractivity contribution < 1.29 is 23.8 Å². The van der Waals surface area contributed by atoms with Crippen molar-refractivity contribution in [3.8, 4) is 5.75 Å². The molecule has 0 radical (unpaired) electrons. The summed E-state index contributed by atoms with van der Waals surface area (Å²) in [6, 6.07) is 21.3. The van der Waals surface area contributed by atoms with Crippen LogP contribution in [0.15, 0.2) is 77.3 Å². The highest BCUT2D eigenvalue weighted by atomic mass is 16.5. The Bertz CT molecular complexity index is 1220. The van der Waals surface area contributed by atoms with E-state index in [2.05, 4.69) is 10.3 Å². The summed E-state index contributed by atoms with van der Waals surface area (Å²) in [5.41, 5.74) is 2.72. The summed E-state index contributed by atoms with van der Waals surface area (Å²) in [5.74, 6) is 0.686. The molecular formula is C25H22N2O5. The number of furan rings is 1. The number of carbonyl (C=O) groups excluding carboxylic acids is 1. The van der Waals surface area contributed by atoms with E-state index in [4.69, 9.17) is 19.1 Å². The van der Waals surface area contributed by atoms with Crippen LogP contribution < -0.4 is 10.1 Å². The second-order valence-corrected chi connectivity index (χ2v) is 7.43. The minimum Gasteiger partial charge on any atom is -0.491 e. The SMILES string of the molecule is Cc1ccc([C@@]2(NC(=O)c3cc4ccccc4o3)CCOc3cccnc32)cc1.O=CO. The molecule has 2 aromatic heterocycles. The Kier molecular flexibility index (Phi) is 5.89. The van der Waals surface area contributed by atoms with Gasteiger partial charge in [0.25, 0.3) is 12.4 Å². The summed E-state index contributed by atoms with van der Waals surface area (Å²) < 4.78 is 11.6. The normalized spacial score (nSPS) is 16.8. The first-order valence-electron chi connectivity index (χ1n) is 10.1. The second-order valence-electron chi connectivity index (χ2n) is 7.43. The minimum absolute atomic E-state index is 0.250. The van der Waals surface area contributed by atoms with Crippen LogP contribution >= 0.6 is 0 Å².